The maximum atomic E-state index is 13.7. The second-order valence-electron chi connectivity index (χ2n) is 11.2. The van der Waals surface area contributed by atoms with E-state index in [2.05, 4.69) is 27.8 Å². The van der Waals surface area contributed by atoms with E-state index < -0.39 is 18.2 Å². The van der Waals surface area contributed by atoms with Gasteiger partial charge >= 0.3 is 0 Å². The van der Waals surface area contributed by atoms with Gasteiger partial charge in [-0.1, -0.05) is 26.0 Å². The van der Waals surface area contributed by atoms with Gasteiger partial charge in [-0.15, -0.1) is 0 Å². The Balaban J connectivity index is 1.62. The van der Waals surface area contributed by atoms with E-state index in [1.807, 2.05) is 18.7 Å². The summed E-state index contributed by atoms with van der Waals surface area (Å²) >= 11 is 0. The van der Waals surface area contributed by atoms with Crippen molar-refractivity contribution in [2.24, 2.45) is 11.8 Å². The van der Waals surface area contributed by atoms with Crippen LogP contribution in [0.4, 0.5) is 0 Å². The largest absolute Gasteiger partial charge is 0.379 e. The molecule has 3 aliphatic rings. The van der Waals surface area contributed by atoms with Crippen LogP contribution in [0, 0.1) is 11.8 Å². The van der Waals surface area contributed by atoms with Crippen molar-refractivity contribution in [3.8, 4) is 0 Å². The molecule has 2 N–H and O–H groups in total. The van der Waals surface area contributed by atoms with Crippen LogP contribution >= 0.6 is 0 Å². The molecule has 0 aliphatic carbocycles. The summed E-state index contributed by atoms with van der Waals surface area (Å²) in [5.74, 6) is -1.25. The predicted octanol–water partition coefficient (Wildman–Crippen LogP) is 2.78. The lowest BCUT2D eigenvalue weighted by Crippen LogP contribution is -2.53. The lowest BCUT2D eigenvalue weighted by atomic mass is 9.94. The molecule has 0 aromatic heterocycles. The molecule has 3 heterocycles. The van der Waals surface area contributed by atoms with E-state index in [1.165, 1.54) is 0 Å². The Morgan fingerprint density at radius 2 is 1.79 bits per heavy atom. The van der Waals surface area contributed by atoms with Crippen molar-refractivity contribution in [3.63, 3.8) is 0 Å². The number of amides is 3. The maximum Gasteiger partial charge on any atom is 0.245 e. The lowest BCUT2D eigenvalue weighted by molar-refractivity contribution is -0.200. The molecule has 3 amide bonds. The fourth-order valence-electron chi connectivity index (χ4n) is 5.27. The van der Waals surface area contributed by atoms with Crippen LogP contribution in [0.15, 0.2) is 12.2 Å². The quantitative estimate of drug-likeness (QED) is 0.336. The average molecular weight is 551 g/mol. The highest BCUT2D eigenvalue weighted by atomic mass is 16.8. The summed E-state index contributed by atoms with van der Waals surface area (Å²) in [4.78, 5) is 49.6. The molecule has 0 radical (unpaired) electrons. The van der Waals surface area contributed by atoms with Crippen LogP contribution in [-0.2, 0) is 28.7 Å². The Morgan fingerprint density at radius 1 is 1.03 bits per heavy atom. The first kappa shape index (κ1) is 31.5. The zero-order valence-corrected chi connectivity index (χ0v) is 24.0. The van der Waals surface area contributed by atoms with Gasteiger partial charge in [0.1, 0.15) is 6.04 Å². The summed E-state index contributed by atoms with van der Waals surface area (Å²) in [5.41, 5.74) is 2.48. The van der Waals surface area contributed by atoms with Gasteiger partial charge in [0.2, 0.25) is 17.7 Å². The average Bonchev–Trinajstić information content (AvgIpc) is 2.94. The fourth-order valence-corrected chi connectivity index (χ4v) is 5.27. The first-order chi connectivity index (χ1) is 18.9. The Kier molecular flexibility index (Phi) is 14.2. The van der Waals surface area contributed by atoms with Crippen molar-refractivity contribution in [3.05, 3.63) is 12.2 Å². The van der Waals surface area contributed by atoms with Crippen LogP contribution in [0.25, 0.3) is 0 Å². The SMILES string of the molecule is CC(C)[C@@H]1NC(=O)[C@@H](CC(=O)NOC2CCCCO2)CCC/C=C/CCCN(CCCN2CCOCC2)C1=O. The Bertz CT molecular complexity index is 780. The summed E-state index contributed by atoms with van der Waals surface area (Å²) in [6.07, 6.45) is 11.5. The topological polar surface area (TPSA) is 109 Å². The second kappa shape index (κ2) is 17.6. The highest BCUT2D eigenvalue weighted by molar-refractivity contribution is 5.90. The molecule has 3 atom stereocenters. The number of hydrogen-bond donors (Lipinski definition) is 2. The molecule has 222 valence electrons. The van der Waals surface area contributed by atoms with Gasteiger partial charge < -0.3 is 19.7 Å². The molecule has 0 aromatic carbocycles. The summed E-state index contributed by atoms with van der Waals surface area (Å²) in [7, 11) is 0. The third-order valence-electron chi connectivity index (χ3n) is 7.68. The molecule has 0 bridgehead atoms. The number of morpholine rings is 1. The minimum atomic E-state index is -0.628. The highest BCUT2D eigenvalue weighted by Gasteiger charge is 2.32. The van der Waals surface area contributed by atoms with Crippen LogP contribution in [-0.4, -0.2) is 92.4 Å². The van der Waals surface area contributed by atoms with Gasteiger partial charge in [-0.3, -0.25) is 19.3 Å². The molecule has 0 spiro atoms. The molecular weight excluding hydrogens is 500 g/mol. The number of allylic oxidation sites excluding steroid dienone is 2. The number of hydroxylamine groups is 1. The molecule has 2 saturated heterocycles. The summed E-state index contributed by atoms with van der Waals surface area (Å²) in [6, 6.07) is -0.628. The number of nitrogens with zero attached hydrogens (tertiary/aromatic N) is 2. The van der Waals surface area contributed by atoms with Crippen molar-refractivity contribution >= 4 is 17.7 Å². The fraction of sp³-hybridized carbons (Fsp3) is 0.828. The number of carbonyl (C=O) groups is 3. The van der Waals surface area contributed by atoms with Gasteiger partial charge in [0.05, 0.1) is 13.2 Å². The normalized spacial score (nSPS) is 27.6. The van der Waals surface area contributed by atoms with E-state index in [4.69, 9.17) is 14.3 Å². The van der Waals surface area contributed by atoms with Crippen molar-refractivity contribution in [1.29, 1.82) is 0 Å². The third-order valence-corrected chi connectivity index (χ3v) is 7.68. The van der Waals surface area contributed by atoms with Crippen molar-refractivity contribution < 1.29 is 28.7 Å². The van der Waals surface area contributed by atoms with Gasteiger partial charge in [-0.25, -0.2) is 10.3 Å². The number of rotatable bonds is 9. The molecule has 0 saturated carbocycles. The van der Waals surface area contributed by atoms with Crippen molar-refractivity contribution in [1.82, 2.24) is 20.6 Å². The molecular formula is C29H50N4O6. The number of hydrogen-bond acceptors (Lipinski definition) is 7. The minimum absolute atomic E-state index is 0.00450. The molecule has 10 heteroatoms. The summed E-state index contributed by atoms with van der Waals surface area (Å²) < 4.78 is 10.9. The van der Waals surface area contributed by atoms with E-state index >= 15 is 0 Å². The van der Waals surface area contributed by atoms with Gasteiger partial charge in [0.25, 0.3) is 0 Å². The minimum Gasteiger partial charge on any atom is -0.379 e. The van der Waals surface area contributed by atoms with Gasteiger partial charge in [-0.2, -0.15) is 0 Å². The first-order valence-corrected chi connectivity index (χ1v) is 15.0. The van der Waals surface area contributed by atoms with E-state index in [0.29, 0.717) is 26.1 Å². The van der Waals surface area contributed by atoms with E-state index in [0.717, 1.165) is 84.2 Å². The standard InChI is InChI=1S/C29H50N4O6/c1-23(2)27-29(36)33(16-11-14-32-17-20-37-21-18-32)15-9-6-4-3-5-7-12-24(28(35)30-27)22-25(34)31-39-26-13-8-10-19-38-26/h3-4,23-24,26-27H,5-22H2,1-2H3,(H,30,35)(H,31,34)/b4-3+/t24-,26?,27+/m1/s1. The zero-order chi connectivity index (χ0) is 27.9. The van der Waals surface area contributed by atoms with Crippen LogP contribution in [0.3, 0.4) is 0 Å². The van der Waals surface area contributed by atoms with Crippen LogP contribution in [0.2, 0.25) is 0 Å². The van der Waals surface area contributed by atoms with Crippen LogP contribution < -0.4 is 10.8 Å². The van der Waals surface area contributed by atoms with Crippen molar-refractivity contribution in [2.75, 3.05) is 52.5 Å². The van der Waals surface area contributed by atoms with Crippen LogP contribution in [0.1, 0.15) is 78.1 Å². The lowest BCUT2D eigenvalue weighted by Gasteiger charge is -2.32. The van der Waals surface area contributed by atoms with E-state index in [-0.39, 0.29) is 30.1 Å². The van der Waals surface area contributed by atoms with Gasteiger partial charge in [-0.05, 0) is 57.3 Å². The number of carbonyl (C=O) groups excluding carboxylic acids is 3. The molecule has 1 unspecified atom stereocenters. The predicted molar refractivity (Wildman–Crippen MR) is 148 cm³/mol. The molecule has 0 aromatic rings. The van der Waals surface area contributed by atoms with E-state index in [1.54, 1.807) is 0 Å². The highest BCUT2D eigenvalue weighted by Crippen LogP contribution is 2.18. The molecule has 3 aliphatic heterocycles. The monoisotopic (exact) mass is 550 g/mol. The maximum absolute atomic E-state index is 13.7. The first-order valence-electron chi connectivity index (χ1n) is 15.0. The molecule has 10 nitrogen and oxygen atoms in total. The van der Waals surface area contributed by atoms with Gasteiger partial charge in [0, 0.05) is 58.1 Å². The Labute approximate surface area is 234 Å². The smallest absolute Gasteiger partial charge is 0.245 e. The second-order valence-corrected chi connectivity index (χ2v) is 11.2. The molecule has 39 heavy (non-hydrogen) atoms. The summed E-state index contributed by atoms with van der Waals surface area (Å²) in [6.45, 7) is 10.2. The summed E-state index contributed by atoms with van der Waals surface area (Å²) in [5, 5.41) is 3.03. The Hall–Kier alpha value is -2.01. The van der Waals surface area contributed by atoms with E-state index in [9.17, 15) is 14.4 Å². The Morgan fingerprint density at radius 3 is 2.51 bits per heavy atom. The zero-order valence-electron chi connectivity index (χ0n) is 24.0. The number of ether oxygens (including phenoxy) is 2. The van der Waals surface area contributed by atoms with Crippen molar-refractivity contribution in [2.45, 2.75) is 90.4 Å². The van der Waals surface area contributed by atoms with Crippen LogP contribution in [0.5, 0.6) is 0 Å². The molecule has 3 rings (SSSR count). The molecule has 2 fully saturated rings. The number of nitrogens with one attached hydrogen (secondary N) is 2. The third kappa shape index (κ3) is 11.6. The van der Waals surface area contributed by atoms with Gasteiger partial charge in [0.15, 0.2) is 6.29 Å².